The Kier molecular flexibility index (Phi) is 7.05. The van der Waals surface area contributed by atoms with Crippen molar-refractivity contribution in [3.8, 4) is 22.6 Å². The van der Waals surface area contributed by atoms with Gasteiger partial charge < -0.3 is 14.1 Å². The van der Waals surface area contributed by atoms with Crippen molar-refractivity contribution in [2.24, 2.45) is 23.7 Å². The number of anilines is 3. The number of hydrogen-bond donors (Lipinski definition) is 0. The van der Waals surface area contributed by atoms with Crippen molar-refractivity contribution in [3.05, 3.63) is 150 Å². The van der Waals surface area contributed by atoms with Gasteiger partial charge in [-0.05, 0) is 150 Å². The molecule has 6 aliphatic rings. The lowest BCUT2D eigenvalue weighted by Crippen LogP contribution is -2.57. The number of rotatable bonds is 4. The van der Waals surface area contributed by atoms with Crippen LogP contribution >= 0.6 is 0 Å². The largest absolute Gasteiger partial charge is 0.457 e. The van der Waals surface area contributed by atoms with E-state index < -0.39 is 0 Å². The van der Waals surface area contributed by atoms with Gasteiger partial charge in [0.1, 0.15) is 17.1 Å². The molecule has 57 heavy (non-hydrogen) atoms. The summed E-state index contributed by atoms with van der Waals surface area (Å²) in [5, 5.41) is 2.28. The molecule has 3 heteroatoms. The van der Waals surface area contributed by atoms with E-state index in [4.69, 9.17) is 9.15 Å². The summed E-state index contributed by atoms with van der Waals surface area (Å²) in [6.45, 7) is 9.65. The van der Waals surface area contributed by atoms with Crippen molar-refractivity contribution in [1.29, 1.82) is 0 Å². The molecule has 2 heterocycles. The highest BCUT2D eigenvalue weighted by molar-refractivity contribution is 6.10. The molecule has 13 rings (SSSR count). The first-order chi connectivity index (χ1) is 27.7. The first-order valence-electron chi connectivity index (χ1n) is 21.6. The summed E-state index contributed by atoms with van der Waals surface area (Å²) < 4.78 is 13.6. The second-order valence-corrected chi connectivity index (χ2v) is 19.6. The van der Waals surface area contributed by atoms with Crippen molar-refractivity contribution in [2.75, 3.05) is 4.90 Å². The van der Waals surface area contributed by atoms with Crippen LogP contribution in [0.25, 0.3) is 33.1 Å². The molecule has 0 unspecified atom stereocenters. The van der Waals surface area contributed by atoms with Crippen LogP contribution in [0.1, 0.15) is 94.9 Å². The van der Waals surface area contributed by atoms with Crippen LogP contribution in [0, 0.1) is 23.7 Å². The molecule has 1 aromatic heterocycles. The highest BCUT2D eigenvalue weighted by Gasteiger charge is 2.61. The zero-order valence-corrected chi connectivity index (χ0v) is 33.6. The molecule has 0 amide bonds. The summed E-state index contributed by atoms with van der Waals surface area (Å²) in [4.78, 5) is 2.44. The number of hydrogen-bond acceptors (Lipinski definition) is 3. The molecular formula is C54H51NO2. The van der Waals surface area contributed by atoms with Crippen molar-refractivity contribution in [3.63, 3.8) is 0 Å². The standard InChI is InChI=1S/C54H51NO2/c1-52(2)24-25-53(3,4)45-31-36(18-22-43(45)52)35-16-19-39(20-17-35)55(47-13-9-11-42-41-10-5-7-14-48(41)57-51(42)47)40-21-23-50-46(32-40)54(44-12-6-8-15-49(44)56-50)37-27-33-26-34(29-37)30-38(54)28-33/h5-23,31-34,37-38H,24-30H2,1-4H3. The van der Waals surface area contributed by atoms with E-state index in [1.807, 2.05) is 0 Å². The highest BCUT2D eigenvalue weighted by Crippen LogP contribution is 2.69. The third-order valence-electron chi connectivity index (χ3n) is 15.6. The first kappa shape index (κ1) is 33.8. The van der Waals surface area contributed by atoms with E-state index in [1.165, 1.54) is 78.3 Å². The van der Waals surface area contributed by atoms with Gasteiger partial charge in [-0.2, -0.15) is 0 Å². The Morgan fingerprint density at radius 2 is 1.16 bits per heavy atom. The minimum Gasteiger partial charge on any atom is -0.457 e. The molecule has 0 N–H and O–H groups in total. The fourth-order valence-electron chi connectivity index (χ4n) is 12.9. The number of furan rings is 1. The average Bonchev–Trinajstić information content (AvgIpc) is 3.61. The molecule has 7 aromatic rings. The maximum absolute atomic E-state index is 6.86. The monoisotopic (exact) mass is 745 g/mol. The molecule has 4 saturated carbocycles. The van der Waals surface area contributed by atoms with Crippen LogP contribution < -0.4 is 9.64 Å². The van der Waals surface area contributed by atoms with Gasteiger partial charge in [-0.15, -0.1) is 0 Å². The zero-order chi connectivity index (χ0) is 38.3. The van der Waals surface area contributed by atoms with E-state index in [-0.39, 0.29) is 16.2 Å². The van der Waals surface area contributed by atoms with Crippen LogP contribution in [0.4, 0.5) is 17.1 Å². The number of para-hydroxylation sites is 3. The number of fused-ring (bicyclic) bond motifs is 6. The van der Waals surface area contributed by atoms with Gasteiger partial charge in [-0.3, -0.25) is 0 Å². The summed E-state index contributed by atoms with van der Waals surface area (Å²) in [7, 11) is 0. The van der Waals surface area contributed by atoms with Gasteiger partial charge in [0.2, 0.25) is 0 Å². The van der Waals surface area contributed by atoms with E-state index in [1.54, 1.807) is 0 Å². The molecule has 0 radical (unpaired) electrons. The molecule has 6 aromatic carbocycles. The van der Waals surface area contributed by atoms with Crippen molar-refractivity contribution in [2.45, 2.75) is 88.9 Å². The highest BCUT2D eigenvalue weighted by atomic mass is 16.5. The molecule has 284 valence electrons. The van der Waals surface area contributed by atoms with Gasteiger partial charge in [0.15, 0.2) is 5.58 Å². The second kappa shape index (κ2) is 11.9. The fraction of sp³-hybridized carbons (Fsp3) is 0.333. The predicted molar refractivity (Wildman–Crippen MR) is 233 cm³/mol. The van der Waals surface area contributed by atoms with Gasteiger partial charge in [0.05, 0.1) is 5.69 Å². The molecule has 1 aliphatic heterocycles. The van der Waals surface area contributed by atoms with Crippen LogP contribution in [0.3, 0.4) is 0 Å². The average molecular weight is 746 g/mol. The topological polar surface area (TPSA) is 25.6 Å². The maximum Gasteiger partial charge on any atom is 0.159 e. The summed E-state index contributed by atoms with van der Waals surface area (Å²) in [6, 6.07) is 47.6. The summed E-state index contributed by atoms with van der Waals surface area (Å²) >= 11 is 0. The normalized spacial score (nSPS) is 25.9. The molecule has 1 spiro atoms. The van der Waals surface area contributed by atoms with Gasteiger partial charge in [0, 0.05) is 38.7 Å². The quantitative estimate of drug-likeness (QED) is 0.179. The van der Waals surface area contributed by atoms with Gasteiger partial charge in [0.25, 0.3) is 0 Å². The van der Waals surface area contributed by atoms with E-state index in [9.17, 15) is 0 Å². The maximum atomic E-state index is 6.86. The second-order valence-electron chi connectivity index (χ2n) is 19.6. The fourth-order valence-corrected chi connectivity index (χ4v) is 12.9. The molecule has 4 bridgehead atoms. The molecule has 4 fully saturated rings. The van der Waals surface area contributed by atoms with E-state index >= 15 is 0 Å². The van der Waals surface area contributed by atoms with Crippen molar-refractivity contribution in [1.82, 2.24) is 0 Å². The van der Waals surface area contributed by atoms with E-state index in [2.05, 4.69) is 160 Å². The van der Waals surface area contributed by atoms with E-state index in [0.717, 1.165) is 62.3 Å². The van der Waals surface area contributed by atoms with Gasteiger partial charge in [-0.25, -0.2) is 0 Å². The van der Waals surface area contributed by atoms with Crippen LogP contribution in [0.5, 0.6) is 11.5 Å². The predicted octanol–water partition coefficient (Wildman–Crippen LogP) is 14.9. The number of benzene rings is 6. The van der Waals surface area contributed by atoms with Crippen LogP contribution in [0.15, 0.2) is 132 Å². The Balaban J connectivity index is 1.04. The van der Waals surface area contributed by atoms with Crippen LogP contribution in [0.2, 0.25) is 0 Å². The Morgan fingerprint density at radius 1 is 0.509 bits per heavy atom. The third-order valence-corrected chi connectivity index (χ3v) is 15.6. The SMILES string of the molecule is CC1(C)CCC(C)(C)c2cc(-c3ccc(N(c4ccc5c(c4)C4(c6ccccc6O5)C5CC6CC(C5)CC4C6)c4cccc5c4oc4ccccc45)cc3)ccc21. The summed E-state index contributed by atoms with van der Waals surface area (Å²) in [6.07, 6.45) is 9.16. The van der Waals surface area contributed by atoms with Crippen molar-refractivity contribution >= 4 is 39.0 Å². The lowest BCUT2D eigenvalue weighted by molar-refractivity contribution is -0.0452. The van der Waals surface area contributed by atoms with Gasteiger partial charge >= 0.3 is 0 Å². The Bertz CT molecular complexity index is 2720. The molecule has 3 nitrogen and oxygen atoms in total. The zero-order valence-electron chi connectivity index (χ0n) is 33.6. The lowest BCUT2D eigenvalue weighted by Gasteiger charge is -2.63. The lowest BCUT2D eigenvalue weighted by atomic mass is 9.42. The van der Waals surface area contributed by atoms with Crippen LogP contribution in [-0.4, -0.2) is 0 Å². The summed E-state index contributed by atoms with van der Waals surface area (Å²) in [5.74, 6) is 5.08. The number of nitrogens with zero attached hydrogens (tertiary/aromatic N) is 1. The Labute approximate surface area is 336 Å². The molecule has 0 atom stereocenters. The van der Waals surface area contributed by atoms with Gasteiger partial charge in [-0.1, -0.05) is 107 Å². The molecule has 5 aliphatic carbocycles. The molecule has 0 saturated heterocycles. The Hall–Kier alpha value is -5.28. The van der Waals surface area contributed by atoms with Crippen molar-refractivity contribution < 1.29 is 9.15 Å². The number of ether oxygens (including phenoxy) is 1. The minimum atomic E-state index is -0.0384. The Morgan fingerprint density at radius 3 is 1.95 bits per heavy atom. The van der Waals surface area contributed by atoms with Crippen LogP contribution in [-0.2, 0) is 16.2 Å². The smallest absolute Gasteiger partial charge is 0.159 e. The molecular weight excluding hydrogens is 695 g/mol. The summed E-state index contributed by atoms with van der Waals surface area (Å²) in [5.41, 5.74) is 13.8. The first-order valence-corrected chi connectivity index (χ1v) is 21.6. The third kappa shape index (κ3) is 4.84. The minimum absolute atomic E-state index is 0.0384. The van der Waals surface area contributed by atoms with E-state index in [0.29, 0.717) is 11.8 Å².